The Morgan fingerprint density at radius 1 is 0.511 bits per heavy atom. The lowest BCUT2D eigenvalue weighted by atomic mass is 9.81. The quantitative estimate of drug-likeness (QED) is 0.197. The van der Waals surface area contributed by atoms with Gasteiger partial charge in [-0.25, -0.2) is 9.97 Å². The first-order valence-corrected chi connectivity index (χ1v) is 16.8. The zero-order chi connectivity index (χ0) is 30.4. The van der Waals surface area contributed by atoms with Gasteiger partial charge >= 0.3 is 0 Å². The van der Waals surface area contributed by atoms with Crippen molar-refractivity contribution in [3.63, 3.8) is 0 Å². The third kappa shape index (κ3) is 3.95. The Hall–Kier alpha value is -4.78. The number of aromatic nitrogens is 4. The summed E-state index contributed by atoms with van der Waals surface area (Å²) in [5.41, 5.74) is 12.2. The summed E-state index contributed by atoms with van der Waals surface area (Å²) in [5, 5.41) is 0. The molecule has 4 nitrogen and oxygen atoms in total. The average Bonchev–Trinajstić information content (AvgIpc) is 3.89. The van der Waals surface area contributed by atoms with Gasteiger partial charge < -0.3 is 9.13 Å². The highest BCUT2D eigenvalue weighted by Gasteiger charge is 2.36. The molecule has 0 spiro atoms. The molecule has 218 valence electrons. The Labute approximate surface area is 269 Å². The second kappa shape index (κ2) is 9.61. The van der Waals surface area contributed by atoms with Crippen LogP contribution in [-0.2, 0) is 19.5 Å². The van der Waals surface area contributed by atoms with E-state index in [1.807, 2.05) is 34.8 Å². The second-order valence-corrected chi connectivity index (χ2v) is 14.6. The number of hydrogen-bond acceptors (Lipinski definition) is 4. The molecule has 1 aliphatic carbocycles. The molecule has 0 saturated heterocycles. The van der Waals surface area contributed by atoms with Crippen molar-refractivity contribution in [2.24, 2.45) is 14.1 Å². The van der Waals surface area contributed by atoms with Crippen LogP contribution in [0.3, 0.4) is 0 Å². The zero-order valence-corrected chi connectivity index (χ0v) is 27.1. The van der Waals surface area contributed by atoms with Crippen LogP contribution in [0.25, 0.3) is 75.5 Å². The maximum Gasteiger partial charge on any atom is 0.150 e. The third-order valence-electron chi connectivity index (χ3n) is 9.47. The number of rotatable bonds is 4. The van der Waals surface area contributed by atoms with E-state index >= 15 is 0 Å². The Morgan fingerprint density at radius 2 is 0.933 bits per heavy atom. The SMILES string of the molecule is Cn1c(-c2ccc(-c3ccc4c(c3)C(C)(C)c3cc(-c5ccc(-c6nc7ccccc7n6C)s5)ccc3-4)s2)nc2ccccc21. The fourth-order valence-corrected chi connectivity index (χ4v) is 9.06. The maximum atomic E-state index is 4.93. The summed E-state index contributed by atoms with van der Waals surface area (Å²) in [6, 6.07) is 39.6. The molecule has 45 heavy (non-hydrogen) atoms. The van der Waals surface area contributed by atoms with E-state index < -0.39 is 0 Å². The fourth-order valence-electron chi connectivity index (χ4n) is 7.00. The van der Waals surface area contributed by atoms with Gasteiger partial charge in [-0.2, -0.15) is 0 Å². The molecule has 0 aliphatic heterocycles. The Balaban J connectivity index is 1.05. The summed E-state index contributed by atoms with van der Waals surface area (Å²) in [5.74, 6) is 2.03. The summed E-state index contributed by atoms with van der Waals surface area (Å²) in [4.78, 5) is 14.8. The molecule has 4 aromatic carbocycles. The van der Waals surface area contributed by atoms with Crippen LogP contribution in [0, 0.1) is 0 Å². The number of para-hydroxylation sites is 4. The van der Waals surface area contributed by atoms with Crippen LogP contribution in [-0.4, -0.2) is 19.1 Å². The number of aryl methyl sites for hydroxylation is 2. The molecule has 6 heteroatoms. The van der Waals surface area contributed by atoms with E-state index in [9.17, 15) is 0 Å². The van der Waals surface area contributed by atoms with E-state index in [1.165, 1.54) is 52.9 Å². The molecule has 0 fully saturated rings. The molecule has 9 rings (SSSR count). The molecule has 4 heterocycles. The first-order chi connectivity index (χ1) is 21.9. The standard InChI is InChI=1S/C39H30N4S2/c1-39(2)27-21-23(33-17-19-35(44-33)37-40-29-9-5-7-11-31(29)42(37)3)13-15-25(27)26-16-14-24(22-28(26)39)34-18-20-36(45-34)38-41-30-10-6-8-12-32(30)43(38)4/h5-22H,1-4H3. The lowest BCUT2D eigenvalue weighted by Gasteiger charge is -2.22. The highest BCUT2D eigenvalue weighted by atomic mass is 32.1. The number of hydrogen-bond donors (Lipinski definition) is 0. The topological polar surface area (TPSA) is 35.6 Å². The maximum absolute atomic E-state index is 4.93. The summed E-state index contributed by atoms with van der Waals surface area (Å²) in [6.07, 6.45) is 0. The average molecular weight is 619 g/mol. The number of imidazole rings is 2. The van der Waals surface area contributed by atoms with Crippen molar-refractivity contribution in [2.45, 2.75) is 19.3 Å². The van der Waals surface area contributed by atoms with Gasteiger partial charge in [0.25, 0.3) is 0 Å². The minimum Gasteiger partial charge on any atom is -0.326 e. The number of thiophene rings is 2. The molecule has 0 bridgehead atoms. The van der Waals surface area contributed by atoms with Gasteiger partial charge in [0.2, 0.25) is 0 Å². The van der Waals surface area contributed by atoms with Gasteiger partial charge in [0.15, 0.2) is 11.6 Å². The third-order valence-corrected chi connectivity index (χ3v) is 11.7. The van der Waals surface area contributed by atoms with Gasteiger partial charge in [0.05, 0.1) is 31.8 Å². The minimum atomic E-state index is -0.105. The number of fused-ring (bicyclic) bond motifs is 5. The molecule has 0 radical (unpaired) electrons. The van der Waals surface area contributed by atoms with E-state index in [2.05, 4.69) is 134 Å². The first-order valence-electron chi connectivity index (χ1n) is 15.2. The van der Waals surface area contributed by atoms with Gasteiger partial charge in [0, 0.05) is 29.3 Å². The predicted molar refractivity (Wildman–Crippen MR) is 190 cm³/mol. The molecular weight excluding hydrogens is 589 g/mol. The molecule has 0 N–H and O–H groups in total. The Kier molecular flexibility index (Phi) is 5.68. The van der Waals surface area contributed by atoms with Crippen molar-refractivity contribution in [2.75, 3.05) is 0 Å². The van der Waals surface area contributed by atoms with E-state index in [0.717, 1.165) is 33.7 Å². The van der Waals surface area contributed by atoms with Gasteiger partial charge in [-0.1, -0.05) is 62.4 Å². The van der Waals surface area contributed by atoms with Gasteiger partial charge in [-0.3, -0.25) is 0 Å². The summed E-state index contributed by atoms with van der Waals surface area (Å²) < 4.78 is 4.39. The molecule has 0 saturated carbocycles. The van der Waals surface area contributed by atoms with Gasteiger partial charge in [0.1, 0.15) is 0 Å². The van der Waals surface area contributed by atoms with Gasteiger partial charge in [-0.05, 0) is 94.0 Å². The molecule has 4 aromatic heterocycles. The smallest absolute Gasteiger partial charge is 0.150 e. The second-order valence-electron chi connectivity index (χ2n) is 12.4. The molecule has 1 aliphatic rings. The lowest BCUT2D eigenvalue weighted by molar-refractivity contribution is 0.661. The normalized spacial score (nSPS) is 13.5. The van der Waals surface area contributed by atoms with Crippen LogP contribution in [0.2, 0.25) is 0 Å². The van der Waals surface area contributed by atoms with Crippen molar-refractivity contribution in [3.05, 3.63) is 120 Å². The van der Waals surface area contributed by atoms with Crippen molar-refractivity contribution in [1.82, 2.24) is 19.1 Å². The van der Waals surface area contributed by atoms with Gasteiger partial charge in [-0.15, -0.1) is 22.7 Å². The van der Waals surface area contributed by atoms with Crippen LogP contribution in [0.1, 0.15) is 25.0 Å². The highest BCUT2D eigenvalue weighted by Crippen LogP contribution is 2.51. The van der Waals surface area contributed by atoms with Crippen LogP contribution >= 0.6 is 22.7 Å². The molecule has 0 amide bonds. The minimum absolute atomic E-state index is 0.105. The molecular formula is C39H30N4S2. The van der Waals surface area contributed by atoms with Crippen LogP contribution < -0.4 is 0 Å². The van der Waals surface area contributed by atoms with E-state index in [-0.39, 0.29) is 5.41 Å². The summed E-state index contributed by atoms with van der Waals surface area (Å²) in [6.45, 7) is 4.73. The van der Waals surface area contributed by atoms with Crippen molar-refractivity contribution in [1.29, 1.82) is 0 Å². The van der Waals surface area contributed by atoms with E-state index in [0.29, 0.717) is 0 Å². The fraction of sp³-hybridized carbons (Fsp3) is 0.128. The van der Waals surface area contributed by atoms with E-state index in [1.54, 1.807) is 0 Å². The molecule has 0 atom stereocenters. The lowest BCUT2D eigenvalue weighted by Crippen LogP contribution is -2.15. The van der Waals surface area contributed by atoms with Crippen molar-refractivity contribution in [3.8, 4) is 53.4 Å². The highest BCUT2D eigenvalue weighted by molar-refractivity contribution is 7.19. The van der Waals surface area contributed by atoms with E-state index in [4.69, 9.17) is 9.97 Å². The zero-order valence-electron chi connectivity index (χ0n) is 25.5. The van der Waals surface area contributed by atoms with Crippen LogP contribution in [0.4, 0.5) is 0 Å². The Morgan fingerprint density at radius 3 is 1.38 bits per heavy atom. The van der Waals surface area contributed by atoms with Crippen molar-refractivity contribution >= 4 is 44.7 Å². The molecule has 8 aromatic rings. The monoisotopic (exact) mass is 618 g/mol. The molecule has 0 unspecified atom stereocenters. The summed E-state index contributed by atoms with van der Waals surface area (Å²) >= 11 is 3.62. The number of nitrogens with zero attached hydrogens (tertiary/aromatic N) is 4. The predicted octanol–water partition coefficient (Wildman–Crippen LogP) is 10.6. The number of benzene rings is 4. The van der Waals surface area contributed by atoms with Crippen LogP contribution in [0.15, 0.2) is 109 Å². The first kappa shape index (κ1) is 26.6. The Bertz CT molecular complexity index is 2280. The summed E-state index contributed by atoms with van der Waals surface area (Å²) in [7, 11) is 4.20. The van der Waals surface area contributed by atoms with Crippen LogP contribution in [0.5, 0.6) is 0 Å². The largest absolute Gasteiger partial charge is 0.326 e. The van der Waals surface area contributed by atoms with Crippen molar-refractivity contribution < 1.29 is 0 Å².